The molecule has 170 valence electrons. The predicted octanol–water partition coefficient (Wildman–Crippen LogP) is 3.49. The average molecular weight is 448 g/mol. The van der Waals surface area contributed by atoms with E-state index in [0.29, 0.717) is 23.4 Å². The van der Waals surface area contributed by atoms with Crippen LogP contribution in [-0.4, -0.2) is 51.3 Å². The lowest BCUT2D eigenvalue weighted by molar-refractivity contribution is 0.121. The van der Waals surface area contributed by atoms with E-state index < -0.39 is 5.43 Å². The molecular weight excluding hydrogens is 424 g/mol. The van der Waals surface area contributed by atoms with Gasteiger partial charge in [0.25, 0.3) is 0 Å². The third-order valence-electron chi connectivity index (χ3n) is 6.05. The maximum absolute atomic E-state index is 12.8. The Morgan fingerprint density at radius 1 is 0.848 bits per heavy atom. The molecule has 1 fully saturated rings. The van der Waals surface area contributed by atoms with Crippen molar-refractivity contribution in [2.24, 2.45) is 0 Å². The predicted molar refractivity (Wildman–Crippen MR) is 122 cm³/mol. The number of hydrogen-bond donors (Lipinski definition) is 3. The number of aromatic hydroxyl groups is 3. The number of fused-ring (bicyclic) bond motifs is 1. The van der Waals surface area contributed by atoms with E-state index in [1.165, 1.54) is 24.3 Å². The van der Waals surface area contributed by atoms with Crippen LogP contribution < -0.4 is 5.43 Å². The molecule has 1 aliphatic heterocycles. The van der Waals surface area contributed by atoms with E-state index >= 15 is 0 Å². The zero-order chi connectivity index (χ0) is 22.9. The van der Waals surface area contributed by atoms with Gasteiger partial charge in [0.15, 0.2) is 11.0 Å². The van der Waals surface area contributed by atoms with Crippen LogP contribution in [-0.2, 0) is 13.1 Å². The van der Waals surface area contributed by atoms with E-state index in [1.54, 1.807) is 24.7 Å². The van der Waals surface area contributed by atoms with Gasteiger partial charge in [-0.2, -0.15) is 0 Å². The number of hydrogen-bond acceptors (Lipinski definition) is 8. The quantitative estimate of drug-likeness (QED) is 0.426. The van der Waals surface area contributed by atoms with Crippen molar-refractivity contribution in [3.8, 4) is 28.6 Å². The van der Waals surface area contributed by atoms with Crippen molar-refractivity contribution in [1.82, 2.24) is 9.80 Å². The summed E-state index contributed by atoms with van der Waals surface area (Å²) in [5, 5.41) is 30.6. The Morgan fingerprint density at radius 2 is 1.55 bits per heavy atom. The zero-order valence-corrected chi connectivity index (χ0v) is 17.9. The van der Waals surface area contributed by atoms with Crippen molar-refractivity contribution in [3.63, 3.8) is 0 Å². The average Bonchev–Trinajstić information content (AvgIpc) is 3.31. The number of phenols is 3. The van der Waals surface area contributed by atoms with Gasteiger partial charge in [-0.05, 0) is 30.3 Å². The molecule has 2 aromatic heterocycles. The van der Waals surface area contributed by atoms with Gasteiger partial charge in [0.2, 0.25) is 0 Å². The molecule has 8 nitrogen and oxygen atoms in total. The van der Waals surface area contributed by atoms with Crippen LogP contribution in [0.3, 0.4) is 0 Å². The molecular formula is C25H24N2O6. The molecule has 0 amide bonds. The fraction of sp³-hybridized carbons (Fsp3) is 0.240. The second-order valence-corrected chi connectivity index (χ2v) is 8.30. The first-order chi connectivity index (χ1) is 16.0. The van der Waals surface area contributed by atoms with Gasteiger partial charge >= 0.3 is 0 Å². The Balaban J connectivity index is 1.44. The number of piperazine rings is 1. The smallest absolute Gasteiger partial charge is 0.197 e. The molecule has 1 aliphatic rings. The number of rotatable bonds is 5. The van der Waals surface area contributed by atoms with Gasteiger partial charge in [0, 0.05) is 62.5 Å². The van der Waals surface area contributed by atoms with Crippen LogP contribution in [0.1, 0.15) is 11.1 Å². The van der Waals surface area contributed by atoms with Crippen LogP contribution in [0, 0.1) is 0 Å². The molecule has 0 atom stereocenters. The van der Waals surface area contributed by atoms with Crippen LogP contribution in [0.5, 0.6) is 17.2 Å². The summed E-state index contributed by atoms with van der Waals surface area (Å²) >= 11 is 0. The van der Waals surface area contributed by atoms with Crippen LogP contribution in [0.25, 0.3) is 22.3 Å². The van der Waals surface area contributed by atoms with Gasteiger partial charge in [0.1, 0.15) is 28.4 Å². The highest BCUT2D eigenvalue weighted by molar-refractivity contribution is 5.89. The lowest BCUT2D eigenvalue weighted by atomic mass is 10.1. The molecule has 2 aromatic carbocycles. The standard InChI is InChI=1S/C25H24N2O6/c28-18-3-1-17(2-4-18)23-12-22(31)24-21(30)11-20(29)19(25(24)33-23)14-27-8-6-26(7-9-27)13-16-5-10-32-15-16/h1-5,10-12,15,28-30H,6-9,13-14H2. The van der Waals surface area contributed by atoms with Gasteiger partial charge in [0.05, 0.1) is 18.1 Å². The molecule has 0 bridgehead atoms. The second-order valence-electron chi connectivity index (χ2n) is 8.30. The summed E-state index contributed by atoms with van der Waals surface area (Å²) < 4.78 is 11.2. The largest absolute Gasteiger partial charge is 0.508 e. The molecule has 5 rings (SSSR count). The molecule has 33 heavy (non-hydrogen) atoms. The number of nitrogens with zero attached hydrogens (tertiary/aromatic N) is 2. The molecule has 0 unspecified atom stereocenters. The first-order valence-corrected chi connectivity index (χ1v) is 10.7. The van der Waals surface area contributed by atoms with Crippen LogP contribution in [0.15, 0.2) is 68.6 Å². The van der Waals surface area contributed by atoms with Crippen molar-refractivity contribution < 1.29 is 24.2 Å². The van der Waals surface area contributed by atoms with E-state index in [9.17, 15) is 20.1 Å². The Hall–Kier alpha value is -3.75. The highest BCUT2D eigenvalue weighted by Gasteiger charge is 2.23. The molecule has 8 heteroatoms. The van der Waals surface area contributed by atoms with Gasteiger partial charge in [-0.3, -0.25) is 14.6 Å². The van der Waals surface area contributed by atoms with Gasteiger partial charge in [-0.25, -0.2) is 0 Å². The van der Waals surface area contributed by atoms with E-state index in [4.69, 9.17) is 8.83 Å². The van der Waals surface area contributed by atoms with E-state index in [2.05, 4.69) is 9.80 Å². The fourth-order valence-electron chi connectivity index (χ4n) is 4.24. The maximum Gasteiger partial charge on any atom is 0.197 e. The van der Waals surface area contributed by atoms with Crippen molar-refractivity contribution in [2.75, 3.05) is 26.2 Å². The summed E-state index contributed by atoms with van der Waals surface area (Å²) in [5.41, 5.74) is 1.97. The lowest BCUT2D eigenvalue weighted by Gasteiger charge is -2.34. The third-order valence-corrected chi connectivity index (χ3v) is 6.05. The van der Waals surface area contributed by atoms with Crippen molar-refractivity contribution in [1.29, 1.82) is 0 Å². The van der Waals surface area contributed by atoms with Crippen molar-refractivity contribution >= 4 is 11.0 Å². The number of benzene rings is 2. The summed E-state index contributed by atoms with van der Waals surface area (Å²) in [6.45, 7) is 4.46. The molecule has 3 N–H and O–H groups in total. The zero-order valence-electron chi connectivity index (χ0n) is 17.9. The molecule has 0 spiro atoms. The van der Waals surface area contributed by atoms with E-state index in [1.807, 2.05) is 6.07 Å². The van der Waals surface area contributed by atoms with Crippen LogP contribution >= 0.6 is 0 Å². The first kappa shape index (κ1) is 21.1. The summed E-state index contributed by atoms with van der Waals surface area (Å²) in [7, 11) is 0. The highest BCUT2D eigenvalue weighted by Crippen LogP contribution is 2.36. The number of furan rings is 1. The monoisotopic (exact) mass is 448 g/mol. The summed E-state index contributed by atoms with van der Waals surface area (Å²) in [5.74, 6) is -0.0394. The molecule has 1 saturated heterocycles. The van der Waals surface area contributed by atoms with Gasteiger partial charge < -0.3 is 24.2 Å². The van der Waals surface area contributed by atoms with Crippen molar-refractivity contribution in [2.45, 2.75) is 13.1 Å². The topological polar surface area (TPSA) is 111 Å². The first-order valence-electron chi connectivity index (χ1n) is 10.7. The Labute approximate surface area is 189 Å². The lowest BCUT2D eigenvalue weighted by Crippen LogP contribution is -2.45. The van der Waals surface area contributed by atoms with Crippen LogP contribution in [0.2, 0.25) is 0 Å². The molecule has 3 heterocycles. The second kappa shape index (κ2) is 8.65. The van der Waals surface area contributed by atoms with Crippen molar-refractivity contribution in [3.05, 3.63) is 76.3 Å². The third kappa shape index (κ3) is 4.30. The maximum atomic E-state index is 12.8. The molecule has 0 radical (unpaired) electrons. The Morgan fingerprint density at radius 3 is 2.21 bits per heavy atom. The molecule has 4 aromatic rings. The van der Waals surface area contributed by atoms with Gasteiger partial charge in [-0.15, -0.1) is 0 Å². The fourth-order valence-corrected chi connectivity index (χ4v) is 4.24. The van der Waals surface area contributed by atoms with Gasteiger partial charge in [-0.1, -0.05) is 0 Å². The summed E-state index contributed by atoms with van der Waals surface area (Å²) in [4.78, 5) is 17.3. The molecule has 0 saturated carbocycles. The molecule has 0 aliphatic carbocycles. The number of phenolic OH excluding ortho intramolecular Hbond substituents is 3. The van der Waals surface area contributed by atoms with E-state index in [0.717, 1.165) is 38.3 Å². The summed E-state index contributed by atoms with van der Waals surface area (Å²) in [6, 6.07) is 10.8. The Bertz CT molecular complexity index is 1320. The highest BCUT2D eigenvalue weighted by atomic mass is 16.3. The van der Waals surface area contributed by atoms with Crippen LogP contribution in [0.4, 0.5) is 0 Å². The summed E-state index contributed by atoms with van der Waals surface area (Å²) in [6.07, 6.45) is 3.42. The SMILES string of the molecule is O=c1cc(-c2ccc(O)cc2)oc2c(CN3CCN(Cc4ccoc4)CC3)c(O)cc(O)c12. The minimum Gasteiger partial charge on any atom is -0.508 e. The minimum absolute atomic E-state index is 0.0453. The van der Waals surface area contributed by atoms with E-state index in [-0.39, 0.29) is 28.2 Å². The minimum atomic E-state index is -0.400. The Kier molecular flexibility index (Phi) is 5.53. The normalized spacial score (nSPS) is 15.3.